The zero-order chi connectivity index (χ0) is 8.60. The van der Waals surface area contributed by atoms with E-state index in [1.54, 1.807) is 0 Å². The van der Waals surface area contributed by atoms with Gasteiger partial charge in [-0.1, -0.05) is 0 Å². The topological polar surface area (TPSA) is 51.0 Å². The average molecular weight is 168 g/mol. The fourth-order valence-electron chi connectivity index (χ4n) is 2.19. The van der Waals surface area contributed by atoms with Gasteiger partial charge >= 0.3 is 5.97 Å². The standard InChI is InChI=1S/C8H12N2O2/c1-12-7(11)8-4-2-3-6(8)5-9-10-8/h6H,2-5H2,1H3. The fraction of sp³-hybridized carbons (Fsp3) is 0.875. The molecule has 0 radical (unpaired) electrons. The lowest BCUT2D eigenvalue weighted by Crippen LogP contribution is -2.39. The van der Waals surface area contributed by atoms with Crippen LogP contribution in [0, 0.1) is 5.92 Å². The summed E-state index contributed by atoms with van der Waals surface area (Å²) >= 11 is 0. The molecule has 1 heterocycles. The first-order valence-corrected chi connectivity index (χ1v) is 4.27. The maximum atomic E-state index is 11.4. The zero-order valence-corrected chi connectivity index (χ0v) is 7.12. The Bertz CT molecular complexity index is 239. The van der Waals surface area contributed by atoms with Crippen LogP contribution in [0.5, 0.6) is 0 Å². The number of fused-ring (bicyclic) bond motifs is 1. The maximum Gasteiger partial charge on any atom is 0.336 e. The van der Waals surface area contributed by atoms with Crippen LogP contribution >= 0.6 is 0 Å². The third-order valence-corrected chi connectivity index (χ3v) is 2.88. The van der Waals surface area contributed by atoms with Crippen LogP contribution in [0.25, 0.3) is 0 Å². The number of nitrogens with zero attached hydrogens (tertiary/aromatic N) is 2. The summed E-state index contributed by atoms with van der Waals surface area (Å²) < 4.78 is 4.75. The summed E-state index contributed by atoms with van der Waals surface area (Å²) in [5, 5.41) is 7.98. The molecule has 1 saturated carbocycles. The Balaban J connectivity index is 2.27. The Morgan fingerprint density at radius 1 is 1.67 bits per heavy atom. The van der Waals surface area contributed by atoms with Crippen LogP contribution in [-0.4, -0.2) is 25.2 Å². The molecule has 0 bridgehead atoms. The molecule has 0 aromatic rings. The van der Waals surface area contributed by atoms with Gasteiger partial charge in [0, 0.05) is 5.92 Å². The van der Waals surface area contributed by atoms with Crippen molar-refractivity contribution in [2.24, 2.45) is 16.1 Å². The largest absolute Gasteiger partial charge is 0.467 e. The molecule has 0 spiro atoms. The van der Waals surface area contributed by atoms with Crippen LogP contribution in [0.2, 0.25) is 0 Å². The molecule has 0 aromatic heterocycles. The van der Waals surface area contributed by atoms with E-state index in [0.29, 0.717) is 12.5 Å². The predicted molar refractivity (Wildman–Crippen MR) is 41.8 cm³/mol. The van der Waals surface area contributed by atoms with Gasteiger partial charge in [0.15, 0.2) is 5.54 Å². The van der Waals surface area contributed by atoms with E-state index in [9.17, 15) is 4.79 Å². The Kier molecular flexibility index (Phi) is 1.63. The Labute approximate surface area is 71.0 Å². The highest BCUT2D eigenvalue weighted by molar-refractivity contribution is 5.82. The summed E-state index contributed by atoms with van der Waals surface area (Å²) in [7, 11) is 1.42. The summed E-state index contributed by atoms with van der Waals surface area (Å²) in [5.74, 6) is 0.108. The van der Waals surface area contributed by atoms with Crippen molar-refractivity contribution in [1.29, 1.82) is 0 Å². The lowest BCUT2D eigenvalue weighted by Gasteiger charge is -2.20. The number of ether oxygens (including phenoxy) is 1. The Hall–Kier alpha value is -0.930. The second kappa shape index (κ2) is 2.54. The molecule has 0 aromatic carbocycles. The third kappa shape index (κ3) is 0.806. The van der Waals surface area contributed by atoms with Gasteiger partial charge in [0.1, 0.15) is 0 Å². The van der Waals surface area contributed by atoms with Gasteiger partial charge in [0.05, 0.1) is 13.7 Å². The SMILES string of the molecule is COC(=O)C12CCCC1CN=N2. The van der Waals surface area contributed by atoms with Crippen molar-refractivity contribution in [3.05, 3.63) is 0 Å². The molecule has 4 nitrogen and oxygen atoms in total. The van der Waals surface area contributed by atoms with E-state index in [1.165, 1.54) is 7.11 Å². The van der Waals surface area contributed by atoms with Gasteiger partial charge in [-0.05, 0) is 19.3 Å². The van der Waals surface area contributed by atoms with E-state index < -0.39 is 5.54 Å². The zero-order valence-electron chi connectivity index (χ0n) is 7.12. The molecule has 2 aliphatic rings. The monoisotopic (exact) mass is 168 g/mol. The summed E-state index contributed by atoms with van der Waals surface area (Å²) in [6.45, 7) is 0.703. The van der Waals surface area contributed by atoms with Crippen LogP contribution in [0.15, 0.2) is 10.2 Å². The molecule has 2 unspecified atom stereocenters. The highest BCUT2D eigenvalue weighted by atomic mass is 16.5. The number of hydrogen-bond donors (Lipinski definition) is 0. The number of carbonyl (C=O) groups excluding carboxylic acids is 1. The Morgan fingerprint density at radius 3 is 3.25 bits per heavy atom. The quantitative estimate of drug-likeness (QED) is 0.552. The van der Waals surface area contributed by atoms with Gasteiger partial charge in [-0.2, -0.15) is 10.2 Å². The first-order chi connectivity index (χ1) is 5.79. The number of rotatable bonds is 1. The van der Waals surface area contributed by atoms with Gasteiger partial charge in [-0.3, -0.25) is 0 Å². The summed E-state index contributed by atoms with van der Waals surface area (Å²) in [6, 6.07) is 0. The van der Waals surface area contributed by atoms with Gasteiger partial charge < -0.3 is 4.74 Å². The Morgan fingerprint density at radius 2 is 2.50 bits per heavy atom. The lowest BCUT2D eigenvalue weighted by molar-refractivity contribution is -0.147. The first-order valence-electron chi connectivity index (χ1n) is 4.27. The summed E-state index contributed by atoms with van der Waals surface area (Å²) in [6.07, 6.45) is 2.94. The second-order valence-electron chi connectivity index (χ2n) is 3.43. The predicted octanol–water partition coefficient (Wildman–Crippen LogP) is 1.16. The van der Waals surface area contributed by atoms with Crippen molar-refractivity contribution in [3.63, 3.8) is 0 Å². The van der Waals surface area contributed by atoms with Crippen molar-refractivity contribution in [2.45, 2.75) is 24.8 Å². The molecular formula is C8H12N2O2. The molecule has 4 heteroatoms. The number of methoxy groups -OCH3 is 1. The summed E-state index contributed by atoms with van der Waals surface area (Å²) in [4.78, 5) is 11.4. The normalized spacial score (nSPS) is 38.2. The van der Waals surface area contributed by atoms with E-state index in [1.807, 2.05) is 0 Å². The van der Waals surface area contributed by atoms with Gasteiger partial charge in [0.25, 0.3) is 0 Å². The number of azo groups is 1. The molecule has 0 N–H and O–H groups in total. The fourth-order valence-corrected chi connectivity index (χ4v) is 2.19. The van der Waals surface area contributed by atoms with E-state index >= 15 is 0 Å². The minimum absolute atomic E-state index is 0.203. The number of carbonyl (C=O) groups is 1. The van der Waals surface area contributed by atoms with Gasteiger partial charge in [-0.25, -0.2) is 4.79 Å². The van der Waals surface area contributed by atoms with Crippen molar-refractivity contribution < 1.29 is 9.53 Å². The molecule has 2 rings (SSSR count). The molecule has 66 valence electrons. The third-order valence-electron chi connectivity index (χ3n) is 2.88. The van der Waals surface area contributed by atoms with Gasteiger partial charge in [0.2, 0.25) is 0 Å². The number of esters is 1. The highest BCUT2D eigenvalue weighted by Gasteiger charge is 2.53. The summed E-state index contributed by atoms with van der Waals surface area (Å²) in [5.41, 5.74) is -0.589. The first kappa shape index (κ1) is 7.71. The van der Waals surface area contributed by atoms with E-state index in [2.05, 4.69) is 10.2 Å². The average Bonchev–Trinajstić information content (AvgIpc) is 2.60. The molecule has 12 heavy (non-hydrogen) atoms. The molecule has 1 aliphatic heterocycles. The minimum atomic E-state index is -0.589. The van der Waals surface area contributed by atoms with Crippen LogP contribution in [0.4, 0.5) is 0 Å². The van der Waals surface area contributed by atoms with Crippen LogP contribution in [0.1, 0.15) is 19.3 Å². The molecule has 1 fully saturated rings. The van der Waals surface area contributed by atoms with Crippen LogP contribution in [0.3, 0.4) is 0 Å². The van der Waals surface area contributed by atoms with E-state index in [0.717, 1.165) is 19.3 Å². The molecule has 0 amide bonds. The molecule has 1 aliphatic carbocycles. The van der Waals surface area contributed by atoms with E-state index in [4.69, 9.17) is 4.74 Å². The van der Waals surface area contributed by atoms with Crippen LogP contribution < -0.4 is 0 Å². The van der Waals surface area contributed by atoms with Crippen molar-refractivity contribution in [1.82, 2.24) is 0 Å². The smallest absolute Gasteiger partial charge is 0.336 e. The van der Waals surface area contributed by atoms with Crippen LogP contribution in [-0.2, 0) is 9.53 Å². The molecular weight excluding hydrogens is 156 g/mol. The lowest BCUT2D eigenvalue weighted by atomic mass is 9.89. The van der Waals surface area contributed by atoms with E-state index in [-0.39, 0.29) is 5.97 Å². The van der Waals surface area contributed by atoms with Crippen molar-refractivity contribution in [2.75, 3.05) is 13.7 Å². The van der Waals surface area contributed by atoms with Crippen molar-refractivity contribution in [3.8, 4) is 0 Å². The second-order valence-corrected chi connectivity index (χ2v) is 3.43. The van der Waals surface area contributed by atoms with Gasteiger partial charge in [-0.15, -0.1) is 0 Å². The number of hydrogen-bond acceptors (Lipinski definition) is 4. The van der Waals surface area contributed by atoms with Crippen molar-refractivity contribution >= 4 is 5.97 Å². The minimum Gasteiger partial charge on any atom is -0.467 e. The molecule has 0 saturated heterocycles. The molecule has 2 atom stereocenters. The highest BCUT2D eigenvalue weighted by Crippen LogP contribution is 2.43. The maximum absolute atomic E-state index is 11.4.